The van der Waals surface area contributed by atoms with E-state index in [-0.39, 0.29) is 5.75 Å². The highest BCUT2D eigenvalue weighted by atomic mass is 19.4. The van der Waals surface area contributed by atoms with E-state index < -0.39 is 6.36 Å². The fourth-order valence-corrected chi connectivity index (χ4v) is 2.57. The van der Waals surface area contributed by atoms with Gasteiger partial charge in [0.1, 0.15) is 0 Å². The van der Waals surface area contributed by atoms with Gasteiger partial charge >= 0.3 is 6.36 Å². The molecule has 19 heavy (non-hydrogen) atoms. The quantitative estimate of drug-likeness (QED) is 0.877. The zero-order valence-corrected chi connectivity index (χ0v) is 10.3. The van der Waals surface area contributed by atoms with Gasteiger partial charge in [-0.05, 0) is 24.0 Å². The van der Waals surface area contributed by atoms with Gasteiger partial charge < -0.3 is 9.72 Å². The fourth-order valence-electron chi connectivity index (χ4n) is 2.57. The van der Waals surface area contributed by atoms with Crippen molar-refractivity contribution in [3.05, 3.63) is 30.0 Å². The first-order valence-corrected chi connectivity index (χ1v) is 6.37. The molecule has 3 rings (SSSR count). The SMILES string of the molecule is FC(F)(F)Oc1cccc2c(CC3CCC3)c[nH]c12. The molecular weight excluding hydrogens is 255 g/mol. The largest absolute Gasteiger partial charge is 0.573 e. The van der Waals surface area contributed by atoms with Crippen LogP contribution in [-0.4, -0.2) is 11.3 Å². The number of rotatable bonds is 3. The van der Waals surface area contributed by atoms with Gasteiger partial charge in [-0.25, -0.2) is 0 Å². The number of aromatic amines is 1. The second-order valence-electron chi connectivity index (χ2n) is 5.04. The molecule has 0 bridgehead atoms. The predicted molar refractivity (Wildman–Crippen MR) is 66.0 cm³/mol. The van der Waals surface area contributed by atoms with Crippen LogP contribution in [0.25, 0.3) is 10.9 Å². The average Bonchev–Trinajstić information content (AvgIpc) is 2.66. The molecular formula is C14H14F3NO. The van der Waals surface area contributed by atoms with Gasteiger partial charge in [0.2, 0.25) is 0 Å². The number of ether oxygens (including phenoxy) is 1. The van der Waals surface area contributed by atoms with Gasteiger partial charge in [0, 0.05) is 11.6 Å². The standard InChI is InChI=1S/C14H14F3NO/c15-14(16,17)19-12-6-2-5-11-10(8-18-13(11)12)7-9-3-1-4-9/h2,5-6,8-9,18H,1,3-4,7H2. The maximum Gasteiger partial charge on any atom is 0.573 e. The van der Waals surface area contributed by atoms with Crippen LogP contribution in [0.4, 0.5) is 13.2 Å². The number of hydrogen-bond donors (Lipinski definition) is 1. The smallest absolute Gasteiger partial charge is 0.404 e. The number of fused-ring (bicyclic) bond motifs is 1. The molecule has 0 aliphatic heterocycles. The van der Waals surface area contributed by atoms with Gasteiger partial charge in [-0.15, -0.1) is 13.2 Å². The van der Waals surface area contributed by atoms with Crippen molar-refractivity contribution in [3.8, 4) is 5.75 Å². The minimum atomic E-state index is -4.66. The highest BCUT2D eigenvalue weighted by Crippen LogP contribution is 2.35. The van der Waals surface area contributed by atoms with Crippen LogP contribution in [0.5, 0.6) is 5.75 Å². The fraction of sp³-hybridized carbons (Fsp3) is 0.429. The molecule has 1 aromatic heterocycles. The van der Waals surface area contributed by atoms with Crippen LogP contribution in [0.15, 0.2) is 24.4 Å². The first-order chi connectivity index (χ1) is 9.03. The Bertz CT molecular complexity index is 584. The maximum atomic E-state index is 12.3. The zero-order chi connectivity index (χ0) is 13.5. The summed E-state index contributed by atoms with van der Waals surface area (Å²) in [5, 5.41) is 0.827. The average molecular weight is 269 g/mol. The van der Waals surface area contributed by atoms with Crippen molar-refractivity contribution in [2.24, 2.45) is 5.92 Å². The van der Waals surface area contributed by atoms with E-state index in [1.54, 1.807) is 12.3 Å². The van der Waals surface area contributed by atoms with E-state index in [1.165, 1.54) is 25.3 Å². The molecule has 1 saturated carbocycles. The summed E-state index contributed by atoms with van der Waals surface area (Å²) in [6, 6.07) is 4.77. The Labute approximate surface area is 108 Å². The van der Waals surface area contributed by atoms with Crippen LogP contribution in [0.1, 0.15) is 24.8 Å². The summed E-state index contributed by atoms with van der Waals surface area (Å²) in [6.45, 7) is 0. The van der Waals surface area contributed by atoms with E-state index >= 15 is 0 Å². The Kier molecular flexibility index (Phi) is 2.92. The van der Waals surface area contributed by atoms with Gasteiger partial charge in [-0.1, -0.05) is 31.4 Å². The highest BCUT2D eigenvalue weighted by molar-refractivity contribution is 5.88. The molecule has 0 unspecified atom stereocenters. The van der Waals surface area contributed by atoms with Gasteiger partial charge in [0.25, 0.3) is 0 Å². The Balaban J connectivity index is 1.92. The van der Waals surface area contributed by atoms with E-state index in [4.69, 9.17) is 0 Å². The van der Waals surface area contributed by atoms with E-state index in [1.807, 2.05) is 6.07 Å². The lowest BCUT2D eigenvalue weighted by Crippen LogP contribution is -2.17. The molecule has 1 aliphatic carbocycles. The minimum absolute atomic E-state index is 0.162. The summed E-state index contributed by atoms with van der Waals surface area (Å²) in [7, 11) is 0. The number of halogens is 3. The van der Waals surface area contributed by atoms with Crippen LogP contribution < -0.4 is 4.74 Å². The molecule has 1 aromatic carbocycles. The van der Waals surface area contributed by atoms with E-state index in [9.17, 15) is 13.2 Å². The van der Waals surface area contributed by atoms with Crippen molar-refractivity contribution in [2.45, 2.75) is 32.0 Å². The molecule has 5 heteroatoms. The molecule has 0 atom stereocenters. The Morgan fingerprint density at radius 1 is 1.26 bits per heavy atom. The lowest BCUT2D eigenvalue weighted by molar-refractivity contribution is -0.274. The van der Waals surface area contributed by atoms with Gasteiger partial charge in [0.15, 0.2) is 5.75 Å². The first-order valence-electron chi connectivity index (χ1n) is 6.37. The second kappa shape index (κ2) is 4.47. The summed E-state index contributed by atoms with van der Waals surface area (Å²) in [4.78, 5) is 2.91. The van der Waals surface area contributed by atoms with Crippen LogP contribution in [0.3, 0.4) is 0 Å². The number of aromatic nitrogens is 1. The lowest BCUT2D eigenvalue weighted by Gasteiger charge is -2.24. The molecule has 102 valence electrons. The van der Waals surface area contributed by atoms with Crippen molar-refractivity contribution in [1.82, 2.24) is 4.98 Å². The third-order valence-electron chi connectivity index (χ3n) is 3.72. The second-order valence-corrected chi connectivity index (χ2v) is 5.04. The van der Waals surface area contributed by atoms with Crippen molar-refractivity contribution < 1.29 is 17.9 Å². The molecule has 2 aromatic rings. The Morgan fingerprint density at radius 3 is 2.68 bits per heavy atom. The predicted octanol–water partition coefficient (Wildman–Crippen LogP) is 4.41. The molecule has 1 N–H and O–H groups in total. The van der Waals surface area contributed by atoms with Gasteiger partial charge in [0.05, 0.1) is 5.52 Å². The van der Waals surface area contributed by atoms with E-state index in [0.717, 1.165) is 17.4 Å². The zero-order valence-electron chi connectivity index (χ0n) is 10.3. The number of nitrogens with one attached hydrogen (secondary N) is 1. The van der Waals surface area contributed by atoms with E-state index in [0.29, 0.717) is 11.4 Å². The van der Waals surface area contributed by atoms with Crippen molar-refractivity contribution >= 4 is 10.9 Å². The van der Waals surface area contributed by atoms with Crippen LogP contribution in [0, 0.1) is 5.92 Å². The normalized spacial score (nSPS) is 16.6. The monoisotopic (exact) mass is 269 g/mol. The third kappa shape index (κ3) is 2.55. The topological polar surface area (TPSA) is 25.0 Å². The van der Waals surface area contributed by atoms with E-state index in [2.05, 4.69) is 9.72 Å². The van der Waals surface area contributed by atoms with Crippen molar-refractivity contribution in [1.29, 1.82) is 0 Å². The van der Waals surface area contributed by atoms with Crippen LogP contribution in [-0.2, 0) is 6.42 Å². The van der Waals surface area contributed by atoms with Crippen molar-refractivity contribution in [3.63, 3.8) is 0 Å². The molecule has 0 spiro atoms. The van der Waals surface area contributed by atoms with Gasteiger partial charge in [-0.2, -0.15) is 0 Å². The summed E-state index contributed by atoms with van der Waals surface area (Å²) in [5.41, 5.74) is 1.50. The molecule has 1 heterocycles. The summed E-state index contributed by atoms with van der Waals surface area (Å²) >= 11 is 0. The summed E-state index contributed by atoms with van der Waals surface area (Å²) < 4.78 is 41.0. The first kappa shape index (κ1) is 12.4. The molecule has 0 amide bonds. The summed E-state index contributed by atoms with van der Waals surface area (Å²) in [6.07, 6.45) is 1.75. The lowest BCUT2D eigenvalue weighted by atomic mass is 9.81. The number of para-hydroxylation sites is 1. The Hall–Kier alpha value is -1.65. The minimum Gasteiger partial charge on any atom is -0.404 e. The maximum absolute atomic E-state index is 12.3. The molecule has 1 fully saturated rings. The third-order valence-corrected chi connectivity index (χ3v) is 3.72. The van der Waals surface area contributed by atoms with Gasteiger partial charge in [-0.3, -0.25) is 0 Å². The Morgan fingerprint density at radius 2 is 2.05 bits per heavy atom. The number of hydrogen-bond acceptors (Lipinski definition) is 1. The molecule has 0 saturated heterocycles. The molecule has 1 aliphatic rings. The molecule has 0 radical (unpaired) electrons. The van der Waals surface area contributed by atoms with Crippen LogP contribution in [0.2, 0.25) is 0 Å². The van der Waals surface area contributed by atoms with Crippen molar-refractivity contribution in [2.75, 3.05) is 0 Å². The number of H-pyrrole nitrogens is 1. The highest BCUT2D eigenvalue weighted by Gasteiger charge is 2.32. The number of alkyl halides is 3. The summed E-state index contributed by atoms with van der Waals surface area (Å²) in [5.74, 6) is 0.510. The van der Waals surface area contributed by atoms with Crippen LogP contribution >= 0.6 is 0 Å². The number of benzene rings is 1. The molecule has 2 nitrogen and oxygen atoms in total.